The predicted octanol–water partition coefficient (Wildman–Crippen LogP) is 2.27. The van der Waals surface area contributed by atoms with E-state index in [0.29, 0.717) is 6.04 Å². The van der Waals surface area contributed by atoms with Crippen LogP contribution in [0.15, 0.2) is 47.4 Å². The first-order valence-electron chi connectivity index (χ1n) is 8.66. The van der Waals surface area contributed by atoms with Crippen LogP contribution < -0.4 is 10.5 Å². The minimum absolute atomic E-state index is 0.0561. The monoisotopic (exact) mass is 326 g/mol. The van der Waals surface area contributed by atoms with Crippen LogP contribution in [0.4, 0.5) is 5.82 Å². The summed E-state index contributed by atoms with van der Waals surface area (Å²) < 4.78 is 1.75. The molecule has 128 valence electrons. The van der Waals surface area contributed by atoms with Crippen LogP contribution in [-0.4, -0.2) is 40.6 Å². The van der Waals surface area contributed by atoms with Gasteiger partial charge < -0.3 is 4.90 Å². The van der Waals surface area contributed by atoms with Gasteiger partial charge in [-0.2, -0.15) is 0 Å². The average molecular weight is 326 g/mol. The van der Waals surface area contributed by atoms with Gasteiger partial charge in [-0.25, -0.2) is 0 Å². The Kier molecular flexibility index (Phi) is 5.30. The van der Waals surface area contributed by atoms with Crippen molar-refractivity contribution in [3.8, 4) is 0 Å². The molecule has 1 fully saturated rings. The highest BCUT2D eigenvalue weighted by molar-refractivity contribution is 5.39. The fourth-order valence-corrected chi connectivity index (χ4v) is 3.50. The summed E-state index contributed by atoms with van der Waals surface area (Å²) >= 11 is 0. The smallest absolute Gasteiger partial charge is 0.251 e. The molecular formula is C19H26N4O. The van der Waals surface area contributed by atoms with E-state index in [1.807, 2.05) is 37.5 Å². The molecule has 0 aliphatic carbocycles. The van der Waals surface area contributed by atoms with Gasteiger partial charge in [0.1, 0.15) is 5.82 Å². The molecule has 0 N–H and O–H groups in total. The summed E-state index contributed by atoms with van der Waals surface area (Å²) in [5, 5.41) is 0. The van der Waals surface area contributed by atoms with Crippen LogP contribution in [0, 0.1) is 0 Å². The zero-order valence-electron chi connectivity index (χ0n) is 14.6. The average Bonchev–Trinajstić information content (AvgIpc) is 2.84. The molecule has 0 spiro atoms. The number of aromatic nitrogens is 2. The van der Waals surface area contributed by atoms with Crippen molar-refractivity contribution >= 4 is 5.82 Å². The summed E-state index contributed by atoms with van der Waals surface area (Å²) in [4.78, 5) is 21.1. The summed E-state index contributed by atoms with van der Waals surface area (Å²) in [6.45, 7) is 2.87. The molecule has 24 heavy (non-hydrogen) atoms. The topological polar surface area (TPSA) is 41.4 Å². The lowest BCUT2D eigenvalue weighted by Gasteiger charge is -2.28. The number of anilines is 1. The van der Waals surface area contributed by atoms with Gasteiger partial charge in [-0.05, 0) is 44.5 Å². The lowest BCUT2D eigenvalue weighted by molar-refractivity contribution is 0.215. The van der Waals surface area contributed by atoms with Crippen LogP contribution in [0.3, 0.4) is 0 Å². The van der Waals surface area contributed by atoms with Gasteiger partial charge in [0.05, 0.1) is 5.69 Å². The highest BCUT2D eigenvalue weighted by Crippen LogP contribution is 2.21. The summed E-state index contributed by atoms with van der Waals surface area (Å²) in [7, 11) is 4.04. The Bertz CT molecular complexity index is 713. The molecule has 1 aliphatic heterocycles. The molecular weight excluding hydrogens is 300 g/mol. The maximum atomic E-state index is 11.9. The molecule has 1 saturated heterocycles. The Labute approximate surface area is 143 Å². The van der Waals surface area contributed by atoms with Gasteiger partial charge in [0, 0.05) is 45.0 Å². The van der Waals surface area contributed by atoms with Crippen LogP contribution in [-0.2, 0) is 13.6 Å². The molecule has 1 atom stereocenters. The van der Waals surface area contributed by atoms with E-state index < -0.39 is 0 Å². The minimum atomic E-state index is 0.0561. The first kappa shape index (κ1) is 16.7. The van der Waals surface area contributed by atoms with Crippen LogP contribution in [0.1, 0.15) is 25.0 Å². The maximum Gasteiger partial charge on any atom is 0.251 e. The summed E-state index contributed by atoms with van der Waals surface area (Å²) in [6.07, 6.45) is 5.28. The van der Waals surface area contributed by atoms with E-state index in [1.165, 1.54) is 6.42 Å². The molecule has 0 bridgehead atoms. The van der Waals surface area contributed by atoms with E-state index in [-0.39, 0.29) is 5.56 Å². The molecule has 0 aromatic carbocycles. The highest BCUT2D eigenvalue weighted by Gasteiger charge is 2.21. The number of nitrogens with zero attached hydrogens (tertiary/aromatic N) is 4. The van der Waals surface area contributed by atoms with Crippen LogP contribution in [0.2, 0.25) is 0 Å². The second kappa shape index (κ2) is 7.62. The molecule has 5 heteroatoms. The second-order valence-electron chi connectivity index (χ2n) is 6.59. The van der Waals surface area contributed by atoms with Crippen molar-refractivity contribution in [3.05, 3.63) is 58.6 Å². The lowest BCUT2D eigenvalue weighted by atomic mass is 10.1. The molecule has 0 saturated carbocycles. The molecule has 5 nitrogen and oxygen atoms in total. The summed E-state index contributed by atoms with van der Waals surface area (Å²) in [6, 6.07) is 12.1. The quantitative estimate of drug-likeness (QED) is 0.864. The Morgan fingerprint density at radius 2 is 2.04 bits per heavy atom. The number of pyridine rings is 2. The molecule has 0 radical (unpaired) electrons. The molecule has 3 rings (SSSR count). The fourth-order valence-electron chi connectivity index (χ4n) is 3.50. The molecule has 1 aliphatic rings. The number of rotatable bonds is 4. The lowest BCUT2D eigenvalue weighted by Crippen LogP contribution is -2.34. The van der Waals surface area contributed by atoms with Gasteiger partial charge in [0.25, 0.3) is 5.56 Å². The van der Waals surface area contributed by atoms with Crippen LogP contribution in [0.5, 0.6) is 0 Å². The first-order valence-corrected chi connectivity index (χ1v) is 8.66. The van der Waals surface area contributed by atoms with Crippen molar-refractivity contribution in [2.24, 2.45) is 7.05 Å². The summed E-state index contributed by atoms with van der Waals surface area (Å²) in [5.74, 6) is 1.02. The second-order valence-corrected chi connectivity index (χ2v) is 6.59. The van der Waals surface area contributed by atoms with E-state index in [9.17, 15) is 4.79 Å². The number of hydrogen-bond donors (Lipinski definition) is 0. The van der Waals surface area contributed by atoms with Gasteiger partial charge in [-0.1, -0.05) is 12.1 Å². The van der Waals surface area contributed by atoms with Gasteiger partial charge >= 0.3 is 0 Å². The van der Waals surface area contributed by atoms with Gasteiger partial charge in [-0.3, -0.25) is 19.2 Å². The minimum Gasteiger partial charge on any atom is -0.358 e. The van der Waals surface area contributed by atoms with Crippen molar-refractivity contribution in [1.29, 1.82) is 0 Å². The molecule has 0 amide bonds. The molecule has 3 heterocycles. The fraction of sp³-hybridized carbons (Fsp3) is 0.474. The van der Waals surface area contributed by atoms with Crippen LogP contribution >= 0.6 is 0 Å². The Morgan fingerprint density at radius 1 is 1.17 bits per heavy atom. The maximum absolute atomic E-state index is 11.9. The SMILES string of the molecule is CN(Cc1ccccn1)C1CCCN(c2cccc(=O)n2C)CC1. The molecule has 2 aromatic heterocycles. The summed E-state index contributed by atoms with van der Waals surface area (Å²) in [5.41, 5.74) is 1.17. The standard InChI is InChI=1S/C19H26N4O/c1-21(15-16-7-3-4-12-20-16)17-8-6-13-23(14-11-17)18-9-5-10-19(24)22(18)2/h3-5,7,9-10,12,17H,6,8,11,13-15H2,1-2H3. The van der Waals surface area contributed by atoms with Gasteiger partial charge in [-0.15, -0.1) is 0 Å². The van der Waals surface area contributed by atoms with Gasteiger partial charge in [0.15, 0.2) is 0 Å². The van der Waals surface area contributed by atoms with Crippen molar-refractivity contribution in [2.45, 2.75) is 31.8 Å². The molecule has 1 unspecified atom stereocenters. The Morgan fingerprint density at radius 3 is 2.83 bits per heavy atom. The third-order valence-corrected chi connectivity index (χ3v) is 4.94. The van der Waals surface area contributed by atoms with Crippen molar-refractivity contribution in [2.75, 3.05) is 25.0 Å². The molecule has 2 aromatic rings. The van der Waals surface area contributed by atoms with Crippen molar-refractivity contribution < 1.29 is 0 Å². The number of hydrogen-bond acceptors (Lipinski definition) is 4. The van der Waals surface area contributed by atoms with Crippen molar-refractivity contribution in [3.63, 3.8) is 0 Å². The van der Waals surface area contributed by atoms with Crippen LogP contribution in [0.25, 0.3) is 0 Å². The van der Waals surface area contributed by atoms with E-state index in [2.05, 4.69) is 27.9 Å². The van der Waals surface area contributed by atoms with Gasteiger partial charge in [0.2, 0.25) is 0 Å². The predicted molar refractivity (Wildman–Crippen MR) is 97.2 cm³/mol. The normalized spacial score (nSPS) is 18.6. The highest BCUT2D eigenvalue weighted by atomic mass is 16.1. The third-order valence-electron chi connectivity index (χ3n) is 4.94. The van der Waals surface area contributed by atoms with E-state index >= 15 is 0 Å². The largest absolute Gasteiger partial charge is 0.358 e. The van der Waals surface area contributed by atoms with Crippen molar-refractivity contribution in [1.82, 2.24) is 14.5 Å². The zero-order valence-corrected chi connectivity index (χ0v) is 14.6. The Balaban J connectivity index is 1.64. The van der Waals surface area contributed by atoms with E-state index in [0.717, 1.165) is 44.0 Å². The third kappa shape index (κ3) is 3.85. The van der Waals surface area contributed by atoms with E-state index in [4.69, 9.17) is 0 Å². The van der Waals surface area contributed by atoms with E-state index in [1.54, 1.807) is 10.6 Å². The Hall–Kier alpha value is -2.14. The first-order chi connectivity index (χ1) is 11.6. The zero-order chi connectivity index (χ0) is 16.9.